The molecule has 3 aromatic rings. The number of benzene rings is 1. The van der Waals surface area contributed by atoms with Crippen molar-refractivity contribution in [1.29, 1.82) is 0 Å². The summed E-state index contributed by atoms with van der Waals surface area (Å²) < 4.78 is 47.3. The summed E-state index contributed by atoms with van der Waals surface area (Å²) in [6.45, 7) is 7.52. The molecule has 2 N–H and O–H groups in total. The van der Waals surface area contributed by atoms with Crippen LogP contribution in [0.5, 0.6) is 11.5 Å². The molecule has 4 heterocycles. The van der Waals surface area contributed by atoms with Gasteiger partial charge in [0.1, 0.15) is 35.3 Å². The number of ether oxygens (including phenoxy) is 3. The number of aromatic nitrogens is 3. The van der Waals surface area contributed by atoms with Crippen LogP contribution in [0.25, 0.3) is 16.7 Å². The van der Waals surface area contributed by atoms with Crippen molar-refractivity contribution in [1.82, 2.24) is 29.7 Å². The Hall–Kier alpha value is -4.50. The van der Waals surface area contributed by atoms with E-state index in [2.05, 4.69) is 15.1 Å². The summed E-state index contributed by atoms with van der Waals surface area (Å²) in [6.07, 6.45) is 7.72. The Morgan fingerprint density at radius 3 is 2.63 bits per heavy atom. The molecule has 0 bridgehead atoms. The Bertz CT molecular complexity index is 2060. The first-order valence-electron chi connectivity index (χ1n) is 17.9. The van der Waals surface area contributed by atoms with Crippen molar-refractivity contribution in [2.24, 2.45) is 5.92 Å². The number of hydrogen-bond acceptors (Lipinski definition) is 10. The zero-order valence-corrected chi connectivity index (χ0v) is 31.0. The predicted molar refractivity (Wildman–Crippen MR) is 192 cm³/mol. The molecular weight excluding hydrogens is 689 g/mol. The van der Waals surface area contributed by atoms with Gasteiger partial charge in [0, 0.05) is 42.2 Å². The lowest BCUT2D eigenvalue weighted by atomic mass is 10.1. The van der Waals surface area contributed by atoms with Gasteiger partial charge in [-0.05, 0) is 84.4 Å². The molecule has 1 aromatic carbocycles. The molecule has 2 aromatic heterocycles. The van der Waals surface area contributed by atoms with Crippen molar-refractivity contribution in [2.45, 2.75) is 101 Å². The van der Waals surface area contributed by atoms with Gasteiger partial charge < -0.3 is 24.4 Å². The molecule has 0 spiro atoms. The molecule has 52 heavy (non-hydrogen) atoms. The number of amides is 3. The molecular formula is C37H46N6O8S. The number of allylic oxidation sites excluding steroid dienone is 1. The van der Waals surface area contributed by atoms with Crippen LogP contribution in [-0.2, 0) is 29.1 Å². The van der Waals surface area contributed by atoms with Gasteiger partial charge in [-0.3, -0.25) is 19.1 Å². The van der Waals surface area contributed by atoms with Gasteiger partial charge in [-0.2, -0.15) is 5.10 Å². The average molecular weight is 735 g/mol. The Balaban J connectivity index is 1.21. The van der Waals surface area contributed by atoms with Crippen LogP contribution in [0.4, 0.5) is 0 Å². The molecule has 5 atom stereocenters. The van der Waals surface area contributed by atoms with Gasteiger partial charge >= 0.3 is 0 Å². The van der Waals surface area contributed by atoms with E-state index in [9.17, 15) is 22.8 Å². The van der Waals surface area contributed by atoms with E-state index in [0.717, 1.165) is 35.9 Å². The minimum atomic E-state index is -3.95. The number of aryl methyl sites for hydroxylation is 2. The maximum atomic E-state index is 14.3. The van der Waals surface area contributed by atoms with Gasteiger partial charge in [-0.1, -0.05) is 12.2 Å². The SMILES string of the molecule is COc1ccc2c(O[C@@H]3C[C@H]4C(=O)N[C@]5(C(=O)NS(=O)(=O)C6(C)CC6)C[C@H]5/C=C\CCCCO[C@H](C)C(=O)N4C3)cc(-n3ccc(C)n3)nc2c1C. The van der Waals surface area contributed by atoms with Crippen molar-refractivity contribution >= 4 is 38.6 Å². The Labute approximate surface area is 303 Å². The van der Waals surface area contributed by atoms with Gasteiger partial charge in [-0.15, -0.1) is 0 Å². The molecule has 2 aliphatic carbocycles. The number of nitrogens with one attached hydrogen (secondary N) is 2. The van der Waals surface area contributed by atoms with E-state index in [4.69, 9.17) is 19.2 Å². The molecule has 0 unspecified atom stereocenters. The Kier molecular flexibility index (Phi) is 9.30. The molecule has 278 valence electrons. The summed E-state index contributed by atoms with van der Waals surface area (Å²) in [5.74, 6) is -0.420. The van der Waals surface area contributed by atoms with Crippen molar-refractivity contribution in [3.63, 3.8) is 0 Å². The van der Waals surface area contributed by atoms with E-state index in [-0.39, 0.29) is 25.3 Å². The Morgan fingerprint density at radius 2 is 1.92 bits per heavy atom. The maximum Gasteiger partial charge on any atom is 0.259 e. The predicted octanol–water partition coefficient (Wildman–Crippen LogP) is 3.41. The summed E-state index contributed by atoms with van der Waals surface area (Å²) in [7, 11) is -2.35. The van der Waals surface area contributed by atoms with Crippen molar-refractivity contribution in [2.75, 3.05) is 20.3 Å². The van der Waals surface area contributed by atoms with Crippen LogP contribution in [0, 0.1) is 19.8 Å². The third-order valence-corrected chi connectivity index (χ3v) is 13.1. The zero-order valence-electron chi connectivity index (χ0n) is 30.2. The molecule has 2 aliphatic heterocycles. The lowest BCUT2D eigenvalue weighted by Gasteiger charge is -2.28. The number of fused-ring (bicyclic) bond motifs is 3. The van der Waals surface area contributed by atoms with E-state index in [1.807, 2.05) is 50.4 Å². The van der Waals surface area contributed by atoms with E-state index >= 15 is 0 Å². The molecule has 3 fully saturated rings. The van der Waals surface area contributed by atoms with Crippen molar-refractivity contribution in [3.05, 3.63) is 53.9 Å². The van der Waals surface area contributed by atoms with Crippen molar-refractivity contribution in [3.8, 4) is 17.3 Å². The molecule has 4 aliphatic rings. The van der Waals surface area contributed by atoms with E-state index in [1.165, 1.54) is 4.90 Å². The minimum absolute atomic E-state index is 0.0784. The first kappa shape index (κ1) is 35.9. The third kappa shape index (κ3) is 6.64. The highest BCUT2D eigenvalue weighted by molar-refractivity contribution is 7.91. The fourth-order valence-electron chi connectivity index (χ4n) is 7.16. The number of sulfonamides is 1. The zero-order chi connectivity index (χ0) is 37.0. The molecule has 14 nitrogen and oxygen atoms in total. The fraction of sp³-hybridized carbons (Fsp3) is 0.541. The molecule has 3 amide bonds. The van der Waals surface area contributed by atoms with Gasteiger partial charge in [0.25, 0.3) is 11.8 Å². The van der Waals surface area contributed by atoms with Gasteiger partial charge in [0.05, 0.1) is 29.6 Å². The highest BCUT2D eigenvalue weighted by Gasteiger charge is 2.63. The molecule has 1 saturated heterocycles. The van der Waals surface area contributed by atoms with E-state index < -0.39 is 56.3 Å². The topological polar surface area (TPSA) is 171 Å². The highest BCUT2D eigenvalue weighted by atomic mass is 32.2. The summed E-state index contributed by atoms with van der Waals surface area (Å²) in [6, 6.07) is 6.35. The number of methoxy groups -OCH3 is 1. The normalized spacial score (nSPS) is 28.1. The van der Waals surface area contributed by atoms with E-state index in [0.29, 0.717) is 42.3 Å². The van der Waals surface area contributed by atoms with Crippen molar-refractivity contribution < 1.29 is 37.0 Å². The Morgan fingerprint density at radius 1 is 1.13 bits per heavy atom. The van der Waals surface area contributed by atoms with Crippen LogP contribution < -0.4 is 19.5 Å². The van der Waals surface area contributed by atoms with Crippen LogP contribution in [0.15, 0.2) is 42.6 Å². The molecule has 15 heteroatoms. The summed E-state index contributed by atoms with van der Waals surface area (Å²) in [5.41, 5.74) is 0.812. The van der Waals surface area contributed by atoms with Crippen LogP contribution in [0.2, 0.25) is 0 Å². The monoisotopic (exact) mass is 734 g/mol. The summed E-state index contributed by atoms with van der Waals surface area (Å²) in [4.78, 5) is 48.3. The number of pyridine rings is 1. The number of nitrogens with zero attached hydrogens (tertiary/aromatic N) is 4. The van der Waals surface area contributed by atoms with Gasteiger partial charge in [0.15, 0.2) is 5.82 Å². The third-order valence-electron chi connectivity index (χ3n) is 10.9. The number of carbonyl (C=O) groups is 3. The largest absolute Gasteiger partial charge is 0.496 e. The smallest absolute Gasteiger partial charge is 0.259 e. The quantitative estimate of drug-likeness (QED) is 0.343. The van der Waals surface area contributed by atoms with Gasteiger partial charge in [-0.25, -0.2) is 18.1 Å². The first-order chi connectivity index (χ1) is 24.7. The second kappa shape index (κ2) is 13.5. The minimum Gasteiger partial charge on any atom is -0.496 e. The first-order valence-corrected chi connectivity index (χ1v) is 19.4. The second-order valence-corrected chi connectivity index (χ2v) is 16.9. The van der Waals surface area contributed by atoms with Crippen LogP contribution >= 0.6 is 0 Å². The fourth-order valence-corrected chi connectivity index (χ4v) is 8.47. The number of hydrogen-bond donors (Lipinski definition) is 2. The lowest BCUT2D eigenvalue weighted by Crippen LogP contribution is -2.57. The van der Waals surface area contributed by atoms with Crippen LogP contribution in [0.1, 0.15) is 70.1 Å². The molecule has 0 radical (unpaired) electrons. The van der Waals surface area contributed by atoms with Crippen LogP contribution in [0.3, 0.4) is 0 Å². The highest BCUT2D eigenvalue weighted by Crippen LogP contribution is 2.47. The maximum absolute atomic E-state index is 14.3. The standard InChI is InChI=1S/C37H46N6O8S/c1-22-13-16-43(40-22)31-19-30(27-11-12-29(49-5)23(2)32(27)38-31)51-26-18-28-33(44)39-37(35(46)41-52(47,48)36(4)14-15-36)20-25(37)10-8-6-7-9-17-50-24(3)34(45)42(28)21-26/h8,10-13,16,19,24-26,28H,6-7,9,14-15,17-18,20-21H2,1-5H3,(H,39,44)(H,41,46)/b10-8-/t24-,25-,26-,28+,37-/m1/s1. The average Bonchev–Trinajstić information content (AvgIpc) is 3.91. The molecule has 7 rings (SSSR count). The number of rotatable bonds is 7. The lowest BCUT2D eigenvalue weighted by molar-refractivity contribution is -0.147. The summed E-state index contributed by atoms with van der Waals surface area (Å²) >= 11 is 0. The summed E-state index contributed by atoms with van der Waals surface area (Å²) in [5, 5.41) is 8.17. The van der Waals surface area contributed by atoms with Gasteiger partial charge in [0.2, 0.25) is 15.9 Å². The van der Waals surface area contributed by atoms with Crippen LogP contribution in [-0.4, -0.2) is 94.6 Å². The second-order valence-electron chi connectivity index (χ2n) is 14.7. The molecule has 2 saturated carbocycles. The number of carbonyl (C=O) groups excluding carboxylic acids is 3. The van der Waals surface area contributed by atoms with E-state index in [1.54, 1.807) is 31.7 Å².